The maximum absolute atomic E-state index is 12.1. The second kappa shape index (κ2) is 8.11. The minimum atomic E-state index is -3.19. The first-order chi connectivity index (χ1) is 9.50. The highest BCUT2D eigenvalue weighted by Gasteiger charge is 2.23. The van der Waals surface area contributed by atoms with Crippen LogP contribution in [0.1, 0.15) is 24.5 Å². The summed E-state index contributed by atoms with van der Waals surface area (Å²) < 4.78 is 28.9. The molecule has 2 N–H and O–H groups in total. The number of amides is 1. The SMILES string of the molecule is CCOP(=O)(COCCn1cnc(C(N)=O)n1)OCC. The van der Waals surface area contributed by atoms with E-state index in [1.165, 1.54) is 11.0 Å². The molecule has 0 radical (unpaired) electrons. The van der Waals surface area contributed by atoms with Crippen LogP contribution in [0.5, 0.6) is 0 Å². The Morgan fingerprint density at radius 2 is 2.05 bits per heavy atom. The summed E-state index contributed by atoms with van der Waals surface area (Å²) in [5.41, 5.74) is 5.03. The third-order valence-corrected chi connectivity index (χ3v) is 3.92. The second-order valence-corrected chi connectivity index (χ2v) is 5.68. The Balaban J connectivity index is 2.36. The molecular formula is C10H19N4O5P. The molecular weight excluding hydrogens is 287 g/mol. The van der Waals surface area contributed by atoms with Crippen molar-refractivity contribution in [3.63, 3.8) is 0 Å². The Bertz CT molecular complexity index is 468. The number of nitrogens with zero attached hydrogens (tertiary/aromatic N) is 3. The predicted octanol–water partition coefficient (Wildman–Crippen LogP) is 0.617. The Hall–Kier alpha value is -1.28. The van der Waals surface area contributed by atoms with Crippen LogP contribution in [0.25, 0.3) is 0 Å². The van der Waals surface area contributed by atoms with Gasteiger partial charge in [-0.1, -0.05) is 0 Å². The van der Waals surface area contributed by atoms with Crippen LogP contribution in [0.15, 0.2) is 6.33 Å². The van der Waals surface area contributed by atoms with Crippen molar-refractivity contribution in [2.45, 2.75) is 20.4 Å². The Morgan fingerprint density at radius 3 is 2.55 bits per heavy atom. The van der Waals surface area contributed by atoms with Crippen molar-refractivity contribution in [2.24, 2.45) is 5.73 Å². The van der Waals surface area contributed by atoms with Gasteiger partial charge in [-0.2, -0.15) is 0 Å². The molecule has 0 fully saturated rings. The first-order valence-electron chi connectivity index (χ1n) is 6.16. The number of hydrogen-bond acceptors (Lipinski definition) is 7. The second-order valence-electron chi connectivity index (χ2n) is 3.68. The number of hydrogen-bond donors (Lipinski definition) is 1. The number of carbonyl (C=O) groups is 1. The van der Waals surface area contributed by atoms with E-state index in [2.05, 4.69) is 10.1 Å². The smallest absolute Gasteiger partial charge is 0.356 e. The molecule has 0 atom stereocenters. The summed E-state index contributed by atoms with van der Waals surface area (Å²) in [4.78, 5) is 14.5. The van der Waals surface area contributed by atoms with Crippen LogP contribution in [0, 0.1) is 0 Å². The van der Waals surface area contributed by atoms with Crippen LogP contribution in [0.3, 0.4) is 0 Å². The molecule has 1 aromatic rings. The molecule has 0 bridgehead atoms. The molecule has 1 heterocycles. The molecule has 9 nitrogen and oxygen atoms in total. The lowest BCUT2D eigenvalue weighted by atomic mass is 10.6. The monoisotopic (exact) mass is 306 g/mol. The standard InChI is InChI=1S/C10H19N4O5P/c1-3-18-20(16,19-4-2)8-17-6-5-14-7-12-10(13-14)9(11)15/h7H,3-6,8H2,1-2H3,(H2,11,15). The molecule has 0 spiro atoms. The zero-order valence-electron chi connectivity index (χ0n) is 11.5. The summed E-state index contributed by atoms with van der Waals surface area (Å²) in [6.45, 7) is 4.60. The highest BCUT2D eigenvalue weighted by molar-refractivity contribution is 7.53. The third-order valence-electron chi connectivity index (χ3n) is 2.12. The number of carbonyl (C=O) groups excluding carboxylic acids is 1. The molecule has 0 saturated heterocycles. The van der Waals surface area contributed by atoms with E-state index in [-0.39, 0.29) is 32.0 Å². The molecule has 0 aliphatic rings. The van der Waals surface area contributed by atoms with Gasteiger partial charge in [-0.15, -0.1) is 5.10 Å². The van der Waals surface area contributed by atoms with Gasteiger partial charge in [0, 0.05) is 0 Å². The quantitative estimate of drug-likeness (QED) is 0.497. The minimum Gasteiger partial charge on any atom is -0.367 e. The lowest BCUT2D eigenvalue weighted by Crippen LogP contribution is -2.14. The van der Waals surface area contributed by atoms with E-state index in [0.717, 1.165) is 0 Å². The number of ether oxygens (including phenoxy) is 1. The Labute approximate surface area is 116 Å². The van der Waals surface area contributed by atoms with E-state index < -0.39 is 13.5 Å². The molecule has 0 aliphatic heterocycles. The maximum Gasteiger partial charge on any atom is 0.356 e. The van der Waals surface area contributed by atoms with Crippen molar-refractivity contribution in [2.75, 3.05) is 26.2 Å². The van der Waals surface area contributed by atoms with Gasteiger partial charge in [-0.3, -0.25) is 9.36 Å². The van der Waals surface area contributed by atoms with Gasteiger partial charge in [0.1, 0.15) is 12.7 Å². The number of rotatable bonds is 10. The Kier molecular flexibility index (Phi) is 6.80. The topological polar surface area (TPSA) is 119 Å². The highest BCUT2D eigenvalue weighted by atomic mass is 31.2. The van der Waals surface area contributed by atoms with E-state index in [9.17, 15) is 9.36 Å². The van der Waals surface area contributed by atoms with E-state index >= 15 is 0 Å². The molecule has 114 valence electrons. The number of aromatic nitrogens is 3. The summed E-state index contributed by atoms with van der Waals surface area (Å²) in [5, 5.41) is 3.84. The fraction of sp³-hybridized carbons (Fsp3) is 0.700. The van der Waals surface area contributed by atoms with E-state index in [4.69, 9.17) is 19.5 Å². The van der Waals surface area contributed by atoms with Gasteiger partial charge in [0.2, 0.25) is 5.82 Å². The van der Waals surface area contributed by atoms with Crippen molar-refractivity contribution < 1.29 is 23.1 Å². The van der Waals surface area contributed by atoms with Crippen molar-refractivity contribution in [3.8, 4) is 0 Å². The lowest BCUT2D eigenvalue weighted by molar-refractivity contribution is 0.0989. The van der Waals surface area contributed by atoms with Crippen LogP contribution in [0.2, 0.25) is 0 Å². The van der Waals surface area contributed by atoms with Gasteiger partial charge in [0.15, 0.2) is 0 Å². The van der Waals surface area contributed by atoms with Crippen molar-refractivity contribution in [3.05, 3.63) is 12.2 Å². The van der Waals surface area contributed by atoms with Crippen molar-refractivity contribution in [1.29, 1.82) is 0 Å². The fourth-order valence-electron chi connectivity index (χ4n) is 1.35. The summed E-state index contributed by atoms with van der Waals surface area (Å²) >= 11 is 0. The maximum atomic E-state index is 12.1. The van der Waals surface area contributed by atoms with Gasteiger partial charge in [-0.25, -0.2) is 9.67 Å². The van der Waals surface area contributed by atoms with Crippen molar-refractivity contribution >= 4 is 13.5 Å². The number of nitrogens with two attached hydrogens (primary N) is 1. The minimum absolute atomic E-state index is 0.0562. The molecule has 0 aliphatic carbocycles. The molecule has 20 heavy (non-hydrogen) atoms. The van der Waals surface area contributed by atoms with E-state index in [0.29, 0.717) is 6.54 Å². The van der Waals surface area contributed by atoms with Crippen molar-refractivity contribution in [1.82, 2.24) is 14.8 Å². The van der Waals surface area contributed by atoms with Gasteiger partial charge in [0.05, 0.1) is 26.4 Å². The van der Waals surface area contributed by atoms with Gasteiger partial charge < -0.3 is 19.5 Å². The Morgan fingerprint density at radius 1 is 1.40 bits per heavy atom. The summed E-state index contributed by atoms with van der Waals surface area (Å²) in [6, 6.07) is 0. The summed E-state index contributed by atoms with van der Waals surface area (Å²) in [7, 11) is -3.19. The summed E-state index contributed by atoms with van der Waals surface area (Å²) in [6.07, 6.45) is 1.24. The van der Waals surface area contributed by atoms with Gasteiger partial charge in [-0.05, 0) is 13.8 Å². The number of primary amides is 1. The molecule has 1 rings (SSSR count). The van der Waals surface area contributed by atoms with Crippen LogP contribution in [-0.2, 0) is 24.9 Å². The lowest BCUT2D eigenvalue weighted by Gasteiger charge is -2.16. The van der Waals surface area contributed by atoms with Gasteiger partial charge >= 0.3 is 7.60 Å². The first kappa shape index (κ1) is 16.8. The molecule has 10 heteroatoms. The molecule has 1 amide bonds. The normalized spacial score (nSPS) is 11.7. The van der Waals surface area contributed by atoms with Gasteiger partial charge in [0.25, 0.3) is 5.91 Å². The molecule has 0 saturated carbocycles. The fourth-order valence-corrected chi connectivity index (χ4v) is 2.72. The van der Waals surface area contributed by atoms with Crippen LogP contribution < -0.4 is 5.73 Å². The largest absolute Gasteiger partial charge is 0.367 e. The van der Waals surface area contributed by atoms with Crippen LogP contribution >= 0.6 is 7.60 Å². The zero-order chi connectivity index (χ0) is 15.0. The third kappa shape index (κ3) is 5.38. The zero-order valence-corrected chi connectivity index (χ0v) is 12.4. The predicted molar refractivity (Wildman–Crippen MR) is 70.2 cm³/mol. The van der Waals surface area contributed by atoms with Crippen LogP contribution in [-0.4, -0.2) is 46.8 Å². The van der Waals surface area contributed by atoms with Crippen LogP contribution in [0.4, 0.5) is 0 Å². The molecule has 0 aromatic carbocycles. The van der Waals surface area contributed by atoms with E-state index in [1.807, 2.05) is 0 Å². The highest BCUT2D eigenvalue weighted by Crippen LogP contribution is 2.47. The van der Waals surface area contributed by atoms with E-state index in [1.54, 1.807) is 13.8 Å². The molecule has 1 aromatic heterocycles. The molecule has 0 unspecified atom stereocenters. The average molecular weight is 306 g/mol. The first-order valence-corrected chi connectivity index (χ1v) is 7.88. The average Bonchev–Trinajstić information content (AvgIpc) is 2.84. The summed E-state index contributed by atoms with van der Waals surface area (Å²) in [5.74, 6) is -0.749.